The molecule has 0 saturated heterocycles. The van der Waals surface area contributed by atoms with E-state index in [9.17, 15) is 4.79 Å². The third kappa shape index (κ3) is 4.93. The van der Waals surface area contributed by atoms with Gasteiger partial charge >= 0.3 is 5.97 Å². The third-order valence-electron chi connectivity index (χ3n) is 2.81. The second kappa shape index (κ2) is 8.65. The van der Waals surface area contributed by atoms with Gasteiger partial charge < -0.3 is 14.2 Å². The van der Waals surface area contributed by atoms with Crippen LogP contribution >= 0.6 is 27.3 Å². The summed E-state index contributed by atoms with van der Waals surface area (Å²) in [6.07, 6.45) is 1.63. The molecule has 0 aliphatic rings. The Labute approximate surface area is 151 Å². The lowest BCUT2D eigenvalue weighted by Gasteiger charge is -2.12. The number of thiazole rings is 1. The fraction of sp³-hybridized carbons (Fsp3) is 0.267. The van der Waals surface area contributed by atoms with Gasteiger partial charge in [0.1, 0.15) is 0 Å². The Bertz CT molecular complexity index is 748. The van der Waals surface area contributed by atoms with Crippen LogP contribution in [0.2, 0.25) is 0 Å². The highest BCUT2D eigenvalue weighted by atomic mass is 79.9. The van der Waals surface area contributed by atoms with Crippen LogP contribution in [-0.2, 0) is 9.53 Å². The van der Waals surface area contributed by atoms with Crippen LogP contribution in [0.3, 0.4) is 0 Å². The van der Waals surface area contributed by atoms with Crippen LogP contribution < -0.4 is 14.9 Å². The minimum atomic E-state index is -0.475. The van der Waals surface area contributed by atoms with Crippen molar-refractivity contribution in [2.24, 2.45) is 5.10 Å². The summed E-state index contributed by atoms with van der Waals surface area (Å²) in [5.41, 5.74) is 4.58. The van der Waals surface area contributed by atoms with Crippen molar-refractivity contribution in [3.63, 3.8) is 0 Å². The van der Waals surface area contributed by atoms with Gasteiger partial charge in [-0.25, -0.2) is 9.78 Å². The highest BCUT2D eigenvalue weighted by Crippen LogP contribution is 2.36. The number of hydrazone groups is 1. The van der Waals surface area contributed by atoms with Crippen molar-refractivity contribution in [1.82, 2.24) is 4.98 Å². The second-order valence-electron chi connectivity index (χ2n) is 4.56. The van der Waals surface area contributed by atoms with Crippen molar-refractivity contribution in [2.75, 3.05) is 26.3 Å². The minimum absolute atomic E-state index is 0.205. The van der Waals surface area contributed by atoms with Crippen molar-refractivity contribution in [3.05, 3.63) is 33.2 Å². The van der Waals surface area contributed by atoms with E-state index in [1.807, 2.05) is 12.3 Å². The fourth-order valence-electron chi connectivity index (χ4n) is 1.71. The minimum Gasteiger partial charge on any atom is -0.493 e. The van der Waals surface area contributed by atoms with Crippen LogP contribution in [0.4, 0.5) is 5.13 Å². The molecule has 1 aromatic heterocycles. The Morgan fingerprint density at radius 2 is 2.25 bits per heavy atom. The zero-order valence-corrected chi connectivity index (χ0v) is 15.7. The maximum atomic E-state index is 11.2. The molecule has 7 nitrogen and oxygen atoms in total. The maximum absolute atomic E-state index is 11.2. The zero-order valence-electron chi connectivity index (χ0n) is 13.3. The van der Waals surface area contributed by atoms with E-state index in [2.05, 4.69) is 36.2 Å². The van der Waals surface area contributed by atoms with Crippen LogP contribution in [0, 0.1) is 6.92 Å². The van der Waals surface area contributed by atoms with Gasteiger partial charge in [0.05, 0.1) is 30.6 Å². The first-order chi connectivity index (χ1) is 11.5. The summed E-state index contributed by atoms with van der Waals surface area (Å²) in [7, 11) is 2.82. The molecule has 0 atom stereocenters. The average Bonchev–Trinajstić information content (AvgIpc) is 2.98. The number of carbonyl (C=O) groups excluding carboxylic acids is 1. The molecule has 0 spiro atoms. The first-order valence-corrected chi connectivity index (χ1v) is 8.49. The molecule has 0 aliphatic heterocycles. The number of ether oxygens (including phenoxy) is 3. The molecule has 1 heterocycles. The van der Waals surface area contributed by atoms with Gasteiger partial charge in [-0.2, -0.15) is 5.10 Å². The lowest BCUT2D eigenvalue weighted by Crippen LogP contribution is -2.13. The number of methoxy groups -OCH3 is 2. The van der Waals surface area contributed by atoms with Crippen molar-refractivity contribution in [1.29, 1.82) is 0 Å². The van der Waals surface area contributed by atoms with Gasteiger partial charge in [0, 0.05) is 5.38 Å². The van der Waals surface area contributed by atoms with E-state index in [1.165, 1.54) is 25.6 Å². The number of nitrogens with one attached hydrogen (secondary N) is 1. The van der Waals surface area contributed by atoms with Gasteiger partial charge in [0.25, 0.3) is 0 Å². The van der Waals surface area contributed by atoms with Crippen molar-refractivity contribution >= 4 is 44.6 Å². The van der Waals surface area contributed by atoms with E-state index in [0.29, 0.717) is 21.1 Å². The summed E-state index contributed by atoms with van der Waals surface area (Å²) in [6, 6.07) is 3.54. The quantitative estimate of drug-likeness (QED) is 0.426. The van der Waals surface area contributed by atoms with Gasteiger partial charge in [0.15, 0.2) is 18.1 Å². The molecule has 0 aliphatic carbocycles. The third-order valence-corrected chi connectivity index (χ3v) is 4.26. The Kier molecular flexibility index (Phi) is 6.56. The van der Waals surface area contributed by atoms with Crippen LogP contribution in [-0.4, -0.2) is 38.0 Å². The van der Waals surface area contributed by atoms with Gasteiger partial charge in [-0.3, -0.25) is 5.43 Å². The molecule has 128 valence electrons. The predicted octanol–water partition coefficient (Wildman–Crippen LogP) is 3.22. The van der Waals surface area contributed by atoms with E-state index in [1.54, 1.807) is 18.3 Å². The van der Waals surface area contributed by atoms with E-state index in [0.717, 1.165) is 11.3 Å². The number of esters is 1. The molecule has 1 aromatic carbocycles. The highest BCUT2D eigenvalue weighted by molar-refractivity contribution is 9.10. The lowest BCUT2D eigenvalue weighted by atomic mass is 10.2. The number of aryl methyl sites for hydroxylation is 1. The number of hydrogen-bond acceptors (Lipinski definition) is 8. The van der Waals surface area contributed by atoms with Crippen molar-refractivity contribution in [2.45, 2.75) is 6.92 Å². The topological polar surface area (TPSA) is 82.0 Å². The van der Waals surface area contributed by atoms with E-state index in [-0.39, 0.29) is 6.61 Å². The maximum Gasteiger partial charge on any atom is 0.343 e. The summed E-state index contributed by atoms with van der Waals surface area (Å²) in [5, 5.41) is 6.79. The molecule has 1 N–H and O–H groups in total. The molecule has 0 amide bonds. The predicted molar refractivity (Wildman–Crippen MR) is 96.3 cm³/mol. The highest BCUT2D eigenvalue weighted by Gasteiger charge is 2.13. The first-order valence-electron chi connectivity index (χ1n) is 6.82. The summed E-state index contributed by atoms with van der Waals surface area (Å²) in [5.74, 6) is 0.418. The van der Waals surface area contributed by atoms with Gasteiger partial charge in [-0.1, -0.05) is 0 Å². The fourth-order valence-corrected chi connectivity index (χ4v) is 2.92. The normalized spacial score (nSPS) is 10.7. The Morgan fingerprint density at radius 1 is 1.46 bits per heavy atom. The van der Waals surface area contributed by atoms with E-state index in [4.69, 9.17) is 9.47 Å². The number of benzene rings is 1. The molecule has 0 bridgehead atoms. The summed E-state index contributed by atoms with van der Waals surface area (Å²) < 4.78 is 15.9. The largest absolute Gasteiger partial charge is 0.493 e. The number of halogens is 1. The Morgan fingerprint density at radius 3 is 2.88 bits per heavy atom. The molecule has 9 heteroatoms. The molecule has 2 aromatic rings. The smallest absolute Gasteiger partial charge is 0.343 e. The number of rotatable bonds is 7. The summed E-state index contributed by atoms with van der Waals surface area (Å²) in [6.45, 7) is 1.71. The molecule has 0 radical (unpaired) electrons. The molecule has 0 unspecified atom stereocenters. The molecule has 2 rings (SSSR count). The zero-order chi connectivity index (χ0) is 17.5. The standard InChI is InChI=1S/C15H16BrN3O4S/c1-9-8-24-15(18-9)19-17-6-10-4-11(16)14(12(5-10)21-2)23-7-13(20)22-3/h4-6,8H,7H2,1-3H3,(H,18,19). The van der Waals surface area contributed by atoms with Crippen molar-refractivity contribution < 1.29 is 19.0 Å². The monoisotopic (exact) mass is 413 g/mol. The number of carbonyl (C=O) groups is 1. The summed E-state index contributed by atoms with van der Waals surface area (Å²) >= 11 is 4.88. The van der Waals surface area contributed by atoms with Crippen LogP contribution in [0.15, 0.2) is 27.1 Å². The van der Waals surface area contributed by atoms with E-state index < -0.39 is 5.97 Å². The van der Waals surface area contributed by atoms with E-state index >= 15 is 0 Å². The van der Waals surface area contributed by atoms with Crippen molar-refractivity contribution in [3.8, 4) is 11.5 Å². The number of aromatic nitrogens is 1. The average molecular weight is 414 g/mol. The molecule has 0 saturated carbocycles. The van der Waals surface area contributed by atoms with Gasteiger partial charge in [-0.05, 0) is 40.5 Å². The molecular formula is C15H16BrN3O4S. The summed E-state index contributed by atoms with van der Waals surface area (Å²) in [4.78, 5) is 15.5. The Balaban J connectivity index is 2.11. The SMILES string of the molecule is COC(=O)COc1c(Br)cc(C=NNc2nc(C)cs2)cc1OC. The lowest BCUT2D eigenvalue weighted by molar-refractivity contribution is -0.142. The van der Waals surface area contributed by atoms with Crippen LogP contribution in [0.5, 0.6) is 11.5 Å². The first kappa shape index (κ1) is 18.2. The molecule has 24 heavy (non-hydrogen) atoms. The Hall–Kier alpha value is -2.13. The second-order valence-corrected chi connectivity index (χ2v) is 6.28. The molecular weight excluding hydrogens is 398 g/mol. The van der Waals surface area contributed by atoms with Crippen LogP contribution in [0.25, 0.3) is 0 Å². The number of hydrogen-bond donors (Lipinski definition) is 1. The number of nitrogens with zero attached hydrogens (tertiary/aromatic N) is 2. The van der Waals surface area contributed by atoms with Crippen LogP contribution in [0.1, 0.15) is 11.3 Å². The van der Waals surface area contributed by atoms with Gasteiger partial charge in [-0.15, -0.1) is 11.3 Å². The number of anilines is 1. The van der Waals surface area contributed by atoms with Gasteiger partial charge in [0.2, 0.25) is 5.13 Å². The molecule has 0 fully saturated rings.